The molecule has 0 spiro atoms. The van der Waals surface area contributed by atoms with Gasteiger partial charge in [-0.2, -0.15) is 0 Å². The largest absolute Gasteiger partial charge is 0.480 e. The summed E-state index contributed by atoms with van der Waals surface area (Å²) < 4.78 is 0. The van der Waals surface area contributed by atoms with Gasteiger partial charge < -0.3 is 37.5 Å². The predicted molar refractivity (Wildman–Crippen MR) is 108 cm³/mol. The van der Waals surface area contributed by atoms with E-state index in [1.165, 1.54) is 19.4 Å². The third-order valence-corrected chi connectivity index (χ3v) is 4.35. The van der Waals surface area contributed by atoms with Crippen LogP contribution in [0.25, 0.3) is 0 Å². The topological polar surface area (TPSA) is 222 Å². The van der Waals surface area contributed by atoms with Gasteiger partial charge in [-0.3, -0.25) is 19.2 Å². The van der Waals surface area contributed by atoms with Crippen molar-refractivity contribution < 1.29 is 29.1 Å². The number of aromatic nitrogens is 2. The Bertz CT molecular complexity index is 795. The highest BCUT2D eigenvalue weighted by atomic mass is 16.4. The Hall–Kier alpha value is -3.48. The lowest BCUT2D eigenvalue weighted by Gasteiger charge is -2.25. The fraction of sp³-hybridized carbons (Fsp3) is 0.556. The van der Waals surface area contributed by atoms with Crippen LogP contribution in [-0.2, 0) is 30.4 Å². The zero-order chi connectivity index (χ0) is 23.7. The molecule has 0 fully saturated rings. The molecule has 1 rings (SSSR count). The fourth-order valence-corrected chi connectivity index (χ4v) is 2.59. The summed E-state index contributed by atoms with van der Waals surface area (Å²) >= 11 is 0. The van der Waals surface area contributed by atoms with E-state index in [0.29, 0.717) is 5.69 Å². The molecule has 0 radical (unpaired) electrons. The summed E-state index contributed by atoms with van der Waals surface area (Å²) in [5.41, 5.74) is 11.0. The second-order valence-corrected chi connectivity index (χ2v) is 7.42. The Kier molecular flexibility index (Phi) is 9.60. The number of imidazole rings is 1. The molecule has 4 amide bonds. The Morgan fingerprint density at radius 2 is 1.71 bits per heavy atom. The molecule has 9 N–H and O–H groups in total. The van der Waals surface area contributed by atoms with Gasteiger partial charge in [0.15, 0.2) is 0 Å². The van der Waals surface area contributed by atoms with Crippen LogP contribution < -0.4 is 27.4 Å². The third-order valence-electron chi connectivity index (χ3n) is 4.35. The Labute approximate surface area is 178 Å². The van der Waals surface area contributed by atoms with Crippen LogP contribution in [0.15, 0.2) is 12.5 Å². The first-order valence-corrected chi connectivity index (χ1v) is 9.57. The second kappa shape index (κ2) is 11.6. The second-order valence-electron chi connectivity index (χ2n) is 7.42. The molecule has 0 saturated carbocycles. The first kappa shape index (κ1) is 25.6. The number of nitrogens with one attached hydrogen (secondary N) is 4. The highest BCUT2D eigenvalue weighted by Crippen LogP contribution is 2.05. The quantitative estimate of drug-likeness (QED) is 0.182. The minimum Gasteiger partial charge on any atom is -0.480 e. The molecule has 0 bridgehead atoms. The molecule has 13 nitrogen and oxygen atoms in total. The fourth-order valence-electron chi connectivity index (χ4n) is 2.59. The summed E-state index contributed by atoms with van der Waals surface area (Å²) in [4.78, 5) is 66.0. The van der Waals surface area contributed by atoms with Gasteiger partial charge >= 0.3 is 5.97 Å². The molecule has 0 aromatic carbocycles. The van der Waals surface area contributed by atoms with E-state index in [4.69, 9.17) is 11.5 Å². The van der Waals surface area contributed by atoms with Crippen molar-refractivity contribution in [2.75, 3.05) is 0 Å². The van der Waals surface area contributed by atoms with Crippen molar-refractivity contribution in [3.8, 4) is 0 Å². The van der Waals surface area contributed by atoms with E-state index in [1.807, 2.05) is 0 Å². The molecule has 13 heteroatoms. The van der Waals surface area contributed by atoms with Gasteiger partial charge in [0.2, 0.25) is 23.6 Å². The summed E-state index contributed by atoms with van der Waals surface area (Å²) in [7, 11) is 0. The maximum Gasteiger partial charge on any atom is 0.326 e. The van der Waals surface area contributed by atoms with Gasteiger partial charge in [-0.1, -0.05) is 13.8 Å². The maximum absolute atomic E-state index is 12.7. The van der Waals surface area contributed by atoms with Crippen LogP contribution >= 0.6 is 0 Å². The van der Waals surface area contributed by atoms with Crippen molar-refractivity contribution in [3.05, 3.63) is 18.2 Å². The Morgan fingerprint density at radius 3 is 2.19 bits per heavy atom. The number of carbonyl (C=O) groups excluding carboxylic acids is 4. The van der Waals surface area contributed by atoms with Crippen LogP contribution in [0.5, 0.6) is 0 Å². The number of aliphatic carboxylic acids is 1. The molecular formula is C18H29N7O6. The molecule has 1 heterocycles. The molecule has 4 atom stereocenters. The molecule has 172 valence electrons. The van der Waals surface area contributed by atoms with Crippen molar-refractivity contribution in [3.63, 3.8) is 0 Å². The van der Waals surface area contributed by atoms with Gasteiger partial charge in [0.05, 0.1) is 18.8 Å². The number of hydrogen-bond donors (Lipinski definition) is 7. The number of aromatic amines is 1. The lowest BCUT2D eigenvalue weighted by Crippen LogP contribution is -2.58. The third kappa shape index (κ3) is 8.42. The zero-order valence-corrected chi connectivity index (χ0v) is 17.5. The molecule has 4 unspecified atom stereocenters. The van der Waals surface area contributed by atoms with Gasteiger partial charge in [0.1, 0.15) is 18.1 Å². The molecule has 0 aliphatic rings. The number of primary amides is 1. The van der Waals surface area contributed by atoms with Crippen molar-refractivity contribution in [2.24, 2.45) is 17.4 Å². The maximum atomic E-state index is 12.7. The van der Waals surface area contributed by atoms with E-state index in [0.717, 1.165) is 0 Å². The number of carboxylic acids is 1. The first-order chi connectivity index (χ1) is 14.4. The number of nitrogens with zero attached hydrogens (tertiary/aromatic N) is 1. The highest BCUT2D eigenvalue weighted by molar-refractivity contribution is 5.94. The Balaban J connectivity index is 2.75. The monoisotopic (exact) mass is 439 g/mol. The number of carbonyl (C=O) groups is 5. The van der Waals surface area contributed by atoms with Gasteiger partial charge in [-0.25, -0.2) is 9.78 Å². The minimum atomic E-state index is -1.25. The lowest BCUT2D eigenvalue weighted by atomic mass is 10.0. The van der Waals surface area contributed by atoms with E-state index >= 15 is 0 Å². The summed E-state index contributed by atoms with van der Waals surface area (Å²) in [5, 5.41) is 16.6. The average Bonchev–Trinajstić information content (AvgIpc) is 3.17. The Morgan fingerprint density at radius 1 is 1.06 bits per heavy atom. The minimum absolute atomic E-state index is 0.0238. The molecule has 1 aromatic heterocycles. The van der Waals surface area contributed by atoms with E-state index in [9.17, 15) is 29.1 Å². The van der Waals surface area contributed by atoms with Crippen LogP contribution in [0.4, 0.5) is 0 Å². The predicted octanol–water partition coefficient (Wildman–Crippen LogP) is -2.63. The number of amides is 4. The number of H-pyrrole nitrogens is 1. The summed E-state index contributed by atoms with van der Waals surface area (Å²) in [6.07, 6.45) is 2.42. The lowest BCUT2D eigenvalue weighted by molar-refractivity contribution is -0.142. The van der Waals surface area contributed by atoms with Crippen LogP contribution in [0.2, 0.25) is 0 Å². The average molecular weight is 439 g/mol. The summed E-state index contributed by atoms with van der Waals surface area (Å²) in [6.45, 7) is 4.71. The van der Waals surface area contributed by atoms with E-state index in [-0.39, 0.29) is 18.8 Å². The highest BCUT2D eigenvalue weighted by Gasteiger charge is 2.31. The van der Waals surface area contributed by atoms with E-state index in [2.05, 4.69) is 25.9 Å². The van der Waals surface area contributed by atoms with Crippen molar-refractivity contribution in [2.45, 2.75) is 57.8 Å². The SMILES string of the molecule is CC(NC(=O)C(N)CC(N)=O)C(=O)NC(C(=O)NC(Cc1cnc[nH]1)C(=O)O)C(C)C. The van der Waals surface area contributed by atoms with Crippen LogP contribution in [0, 0.1) is 5.92 Å². The van der Waals surface area contributed by atoms with Crippen molar-refractivity contribution in [1.29, 1.82) is 0 Å². The van der Waals surface area contributed by atoms with Crippen LogP contribution in [0.1, 0.15) is 32.9 Å². The molecule has 31 heavy (non-hydrogen) atoms. The summed E-state index contributed by atoms with van der Waals surface area (Å²) in [6, 6.07) is -4.58. The number of rotatable bonds is 12. The van der Waals surface area contributed by atoms with Gasteiger partial charge in [-0.15, -0.1) is 0 Å². The smallest absolute Gasteiger partial charge is 0.326 e. The van der Waals surface area contributed by atoms with Crippen molar-refractivity contribution >= 4 is 29.6 Å². The standard InChI is InChI=1S/C18H29N7O6/c1-8(2)14(17(29)24-12(18(30)31)4-10-6-21-7-22-10)25-15(27)9(3)23-16(28)11(19)5-13(20)26/h6-9,11-12,14H,4-5,19H2,1-3H3,(H2,20,26)(H,21,22)(H,23,28)(H,24,29)(H,25,27)(H,30,31). The first-order valence-electron chi connectivity index (χ1n) is 9.57. The van der Waals surface area contributed by atoms with E-state index in [1.54, 1.807) is 13.8 Å². The molecular weight excluding hydrogens is 410 g/mol. The number of nitrogens with two attached hydrogens (primary N) is 2. The van der Waals surface area contributed by atoms with E-state index < -0.39 is 53.8 Å². The van der Waals surface area contributed by atoms with Crippen LogP contribution in [0.3, 0.4) is 0 Å². The number of hydrogen-bond acceptors (Lipinski definition) is 7. The van der Waals surface area contributed by atoms with Gasteiger partial charge in [0, 0.05) is 18.3 Å². The molecule has 1 aromatic rings. The van der Waals surface area contributed by atoms with Gasteiger partial charge in [0.25, 0.3) is 0 Å². The molecule has 0 aliphatic carbocycles. The number of carboxylic acid groups (broad SMARTS) is 1. The van der Waals surface area contributed by atoms with Crippen LogP contribution in [-0.4, -0.2) is 68.8 Å². The zero-order valence-electron chi connectivity index (χ0n) is 17.5. The molecule has 0 aliphatic heterocycles. The van der Waals surface area contributed by atoms with Gasteiger partial charge in [-0.05, 0) is 12.8 Å². The summed E-state index contributed by atoms with van der Waals surface area (Å²) in [5.74, 6) is -4.53. The molecule has 0 saturated heterocycles. The normalized spacial score (nSPS) is 14.7. The van der Waals surface area contributed by atoms with Crippen molar-refractivity contribution in [1.82, 2.24) is 25.9 Å².